The molecule has 0 saturated carbocycles. The zero-order valence-corrected chi connectivity index (χ0v) is 9.53. The van der Waals surface area contributed by atoms with Crippen LogP contribution in [0.3, 0.4) is 0 Å². The van der Waals surface area contributed by atoms with Crippen molar-refractivity contribution < 1.29 is 5.11 Å². The van der Waals surface area contributed by atoms with Crippen molar-refractivity contribution >= 4 is 0 Å². The second kappa shape index (κ2) is 5.83. The van der Waals surface area contributed by atoms with Crippen LogP contribution in [-0.2, 0) is 5.54 Å². The van der Waals surface area contributed by atoms with Gasteiger partial charge in [-0.15, -0.1) is 0 Å². The summed E-state index contributed by atoms with van der Waals surface area (Å²) in [6.07, 6.45) is 5.42. The van der Waals surface area contributed by atoms with Crippen molar-refractivity contribution in [3.63, 3.8) is 0 Å². The topological polar surface area (TPSA) is 45.1 Å². The average molecular weight is 208 g/mol. The molecule has 1 unspecified atom stereocenters. The van der Waals surface area contributed by atoms with Crippen LogP contribution in [0, 0.1) is 0 Å². The van der Waals surface area contributed by atoms with E-state index in [0.717, 1.165) is 18.5 Å². The molecule has 1 heterocycles. The van der Waals surface area contributed by atoms with Crippen LogP contribution in [0.25, 0.3) is 0 Å². The molecule has 84 valence electrons. The van der Waals surface area contributed by atoms with E-state index in [-0.39, 0.29) is 12.1 Å². The van der Waals surface area contributed by atoms with Crippen molar-refractivity contribution in [1.29, 1.82) is 0 Å². The summed E-state index contributed by atoms with van der Waals surface area (Å²) in [7, 11) is 0. The van der Waals surface area contributed by atoms with Gasteiger partial charge in [-0.25, -0.2) is 0 Å². The number of pyridine rings is 1. The first-order chi connectivity index (χ1) is 7.23. The molecule has 3 heteroatoms. The number of rotatable bonds is 6. The molecule has 3 nitrogen and oxygen atoms in total. The molecule has 1 aromatic heterocycles. The molecule has 2 N–H and O–H groups in total. The standard InChI is InChI=1S/C12H20N2O/c1-3-7-14-12(2,6-9-15)11-5-4-8-13-10-11/h4-5,8,10,14-15H,3,6-7,9H2,1-2H3. The Morgan fingerprint density at radius 1 is 1.53 bits per heavy atom. The summed E-state index contributed by atoms with van der Waals surface area (Å²) >= 11 is 0. The van der Waals surface area contributed by atoms with Gasteiger partial charge in [-0.3, -0.25) is 4.98 Å². The third-order valence-electron chi connectivity index (χ3n) is 2.68. The molecular formula is C12H20N2O. The van der Waals surface area contributed by atoms with Crippen LogP contribution in [0.2, 0.25) is 0 Å². The van der Waals surface area contributed by atoms with Crippen LogP contribution < -0.4 is 5.32 Å². The summed E-state index contributed by atoms with van der Waals surface area (Å²) < 4.78 is 0. The highest BCUT2D eigenvalue weighted by Gasteiger charge is 2.24. The molecule has 0 bridgehead atoms. The second-order valence-corrected chi connectivity index (χ2v) is 3.97. The van der Waals surface area contributed by atoms with Crippen LogP contribution in [0.1, 0.15) is 32.3 Å². The maximum Gasteiger partial charge on any atom is 0.0451 e. The molecule has 0 fully saturated rings. The van der Waals surface area contributed by atoms with Crippen LogP contribution >= 0.6 is 0 Å². The Balaban J connectivity index is 2.80. The fourth-order valence-electron chi connectivity index (χ4n) is 1.65. The first-order valence-electron chi connectivity index (χ1n) is 5.49. The summed E-state index contributed by atoms with van der Waals surface area (Å²) in [4.78, 5) is 4.12. The number of hydrogen-bond acceptors (Lipinski definition) is 3. The van der Waals surface area contributed by atoms with E-state index in [4.69, 9.17) is 5.11 Å². The summed E-state index contributed by atoms with van der Waals surface area (Å²) in [6, 6.07) is 3.98. The van der Waals surface area contributed by atoms with Crippen LogP contribution in [0.4, 0.5) is 0 Å². The Labute approximate surface area is 91.5 Å². The van der Waals surface area contributed by atoms with Gasteiger partial charge < -0.3 is 10.4 Å². The minimum absolute atomic E-state index is 0.168. The summed E-state index contributed by atoms with van der Waals surface area (Å²) in [6.45, 7) is 5.37. The molecule has 0 saturated heterocycles. The Hall–Kier alpha value is -0.930. The average Bonchev–Trinajstić information content (AvgIpc) is 2.28. The maximum absolute atomic E-state index is 9.10. The van der Waals surface area contributed by atoms with Gasteiger partial charge in [0.15, 0.2) is 0 Å². The minimum atomic E-state index is -0.168. The van der Waals surface area contributed by atoms with E-state index >= 15 is 0 Å². The lowest BCUT2D eigenvalue weighted by atomic mass is 9.90. The van der Waals surface area contributed by atoms with E-state index in [1.165, 1.54) is 0 Å². The molecule has 15 heavy (non-hydrogen) atoms. The number of nitrogens with zero attached hydrogens (tertiary/aromatic N) is 1. The minimum Gasteiger partial charge on any atom is -0.396 e. The zero-order chi connectivity index (χ0) is 11.1. The normalized spacial score (nSPS) is 14.9. The van der Waals surface area contributed by atoms with Crippen molar-refractivity contribution in [2.24, 2.45) is 0 Å². The van der Waals surface area contributed by atoms with Gasteiger partial charge in [0, 0.05) is 24.5 Å². The summed E-state index contributed by atoms with van der Waals surface area (Å²) in [5.74, 6) is 0. The van der Waals surface area contributed by atoms with E-state index in [2.05, 4.69) is 24.1 Å². The van der Waals surface area contributed by atoms with Crippen LogP contribution in [0.5, 0.6) is 0 Å². The lowest BCUT2D eigenvalue weighted by molar-refractivity contribution is 0.221. The molecule has 0 spiro atoms. The van der Waals surface area contributed by atoms with Gasteiger partial charge in [-0.05, 0) is 37.9 Å². The van der Waals surface area contributed by atoms with E-state index < -0.39 is 0 Å². The fraction of sp³-hybridized carbons (Fsp3) is 0.583. The Bertz CT molecular complexity index is 276. The fourth-order valence-corrected chi connectivity index (χ4v) is 1.65. The van der Waals surface area contributed by atoms with E-state index in [9.17, 15) is 0 Å². The van der Waals surface area contributed by atoms with E-state index in [0.29, 0.717) is 6.42 Å². The second-order valence-electron chi connectivity index (χ2n) is 3.97. The summed E-state index contributed by atoms with van der Waals surface area (Å²) in [5.41, 5.74) is 0.964. The SMILES string of the molecule is CCCNC(C)(CCO)c1cccnc1. The lowest BCUT2D eigenvalue weighted by Gasteiger charge is -2.30. The van der Waals surface area contributed by atoms with Crippen LogP contribution in [-0.4, -0.2) is 23.2 Å². The highest BCUT2D eigenvalue weighted by molar-refractivity contribution is 5.19. The lowest BCUT2D eigenvalue weighted by Crippen LogP contribution is -2.40. The van der Waals surface area contributed by atoms with E-state index in [1.807, 2.05) is 18.3 Å². The molecule has 1 rings (SSSR count). The van der Waals surface area contributed by atoms with Gasteiger partial charge in [0.25, 0.3) is 0 Å². The molecule has 1 atom stereocenters. The molecule has 0 aliphatic rings. The third kappa shape index (κ3) is 3.29. The third-order valence-corrected chi connectivity index (χ3v) is 2.68. The quantitative estimate of drug-likeness (QED) is 0.747. The van der Waals surface area contributed by atoms with Gasteiger partial charge in [0.2, 0.25) is 0 Å². The van der Waals surface area contributed by atoms with E-state index in [1.54, 1.807) is 6.20 Å². The largest absolute Gasteiger partial charge is 0.396 e. The predicted molar refractivity (Wildman–Crippen MR) is 61.6 cm³/mol. The van der Waals surface area contributed by atoms with Crippen molar-refractivity contribution in [2.75, 3.05) is 13.2 Å². The number of aromatic nitrogens is 1. The highest BCUT2D eigenvalue weighted by Crippen LogP contribution is 2.23. The molecule has 0 aromatic carbocycles. The molecule has 1 aromatic rings. The number of aliphatic hydroxyl groups excluding tert-OH is 1. The smallest absolute Gasteiger partial charge is 0.0451 e. The van der Waals surface area contributed by atoms with Crippen molar-refractivity contribution in [1.82, 2.24) is 10.3 Å². The number of aliphatic hydroxyl groups is 1. The Morgan fingerprint density at radius 3 is 2.87 bits per heavy atom. The van der Waals surface area contributed by atoms with Gasteiger partial charge >= 0.3 is 0 Å². The molecule has 0 amide bonds. The molecular weight excluding hydrogens is 188 g/mol. The van der Waals surface area contributed by atoms with Gasteiger partial charge in [0.1, 0.15) is 0 Å². The van der Waals surface area contributed by atoms with Gasteiger partial charge in [0.05, 0.1) is 0 Å². The van der Waals surface area contributed by atoms with Crippen molar-refractivity contribution in [3.05, 3.63) is 30.1 Å². The first-order valence-corrected chi connectivity index (χ1v) is 5.49. The highest BCUT2D eigenvalue weighted by atomic mass is 16.3. The molecule has 0 aliphatic carbocycles. The van der Waals surface area contributed by atoms with Crippen molar-refractivity contribution in [2.45, 2.75) is 32.2 Å². The maximum atomic E-state index is 9.10. The van der Waals surface area contributed by atoms with Gasteiger partial charge in [-0.1, -0.05) is 13.0 Å². The number of hydrogen-bond donors (Lipinski definition) is 2. The van der Waals surface area contributed by atoms with Gasteiger partial charge in [-0.2, -0.15) is 0 Å². The molecule has 0 aliphatic heterocycles. The first kappa shape index (κ1) is 12.1. The summed E-state index contributed by atoms with van der Waals surface area (Å²) in [5, 5.41) is 12.6. The Morgan fingerprint density at radius 2 is 2.33 bits per heavy atom. The Kier molecular flexibility index (Phi) is 4.72. The van der Waals surface area contributed by atoms with Crippen molar-refractivity contribution in [3.8, 4) is 0 Å². The monoisotopic (exact) mass is 208 g/mol. The molecule has 0 radical (unpaired) electrons. The zero-order valence-electron chi connectivity index (χ0n) is 9.53. The van der Waals surface area contributed by atoms with Crippen LogP contribution in [0.15, 0.2) is 24.5 Å². The predicted octanol–water partition coefficient (Wildman–Crippen LogP) is 1.68. The number of nitrogens with one attached hydrogen (secondary N) is 1.